The van der Waals surface area contributed by atoms with E-state index < -0.39 is 11.8 Å². The summed E-state index contributed by atoms with van der Waals surface area (Å²) in [4.78, 5) is 15.2. The number of carbonyl (C=O) groups is 1. The molecule has 0 saturated carbocycles. The molecule has 0 atom stereocenters. The van der Waals surface area contributed by atoms with Gasteiger partial charge in [-0.25, -0.2) is 9.78 Å². The summed E-state index contributed by atoms with van der Waals surface area (Å²) in [7, 11) is 0. The highest BCUT2D eigenvalue weighted by molar-refractivity contribution is 5.91. The Morgan fingerprint density at radius 3 is 2.82 bits per heavy atom. The highest BCUT2D eigenvalue weighted by Crippen LogP contribution is 2.28. The topological polar surface area (TPSA) is 72.2 Å². The monoisotopic (exact) mass is 230 g/mol. The lowest BCUT2D eigenvalue weighted by Crippen LogP contribution is -2.33. The zero-order valence-corrected chi connectivity index (χ0v) is 9.43. The minimum Gasteiger partial charge on any atom is -0.452 e. The van der Waals surface area contributed by atoms with E-state index in [0.717, 1.165) is 0 Å². The van der Waals surface area contributed by atoms with E-state index in [4.69, 9.17) is 14.7 Å². The smallest absolute Gasteiger partial charge is 0.337 e. The van der Waals surface area contributed by atoms with Crippen LogP contribution in [0.15, 0.2) is 24.4 Å². The Labute approximate surface area is 98.3 Å². The van der Waals surface area contributed by atoms with Crippen LogP contribution >= 0.6 is 0 Å². The quantitative estimate of drug-likeness (QED) is 0.685. The van der Waals surface area contributed by atoms with Crippen LogP contribution in [0.3, 0.4) is 0 Å². The Morgan fingerprint density at radius 2 is 2.18 bits per heavy atom. The molecule has 5 nitrogen and oxygen atoms in total. The molecule has 0 fully saturated rings. The predicted molar refractivity (Wildman–Crippen MR) is 58.2 cm³/mol. The first-order valence-electron chi connectivity index (χ1n) is 5.00. The first-order valence-corrected chi connectivity index (χ1v) is 5.00. The second-order valence-electron chi connectivity index (χ2n) is 3.97. The van der Waals surface area contributed by atoms with E-state index in [1.54, 1.807) is 26.0 Å². The number of carbonyl (C=O) groups excluding carboxylic acids is 1. The number of aromatic nitrogens is 1. The van der Waals surface area contributed by atoms with Crippen LogP contribution in [-0.2, 0) is 14.3 Å². The summed E-state index contributed by atoms with van der Waals surface area (Å²) in [6.07, 6.45) is 2.74. The van der Waals surface area contributed by atoms with Gasteiger partial charge in [0.15, 0.2) is 0 Å². The Bertz CT molecular complexity index is 541. The fourth-order valence-corrected chi connectivity index (χ4v) is 1.48. The lowest BCUT2D eigenvalue weighted by atomic mass is 10.1. The average Bonchev–Trinajstić information content (AvgIpc) is 2.26. The molecule has 1 aromatic rings. The second-order valence-corrected chi connectivity index (χ2v) is 3.97. The summed E-state index contributed by atoms with van der Waals surface area (Å²) in [6, 6.07) is 5.15. The number of rotatable bonds is 1. The third kappa shape index (κ3) is 2.42. The largest absolute Gasteiger partial charge is 0.452 e. The molecule has 1 aromatic heterocycles. The maximum Gasteiger partial charge on any atom is 0.337 e. The van der Waals surface area contributed by atoms with Crippen molar-refractivity contribution in [1.29, 1.82) is 5.26 Å². The fraction of sp³-hybridized carbons (Fsp3) is 0.250. The number of hydrogen-bond acceptors (Lipinski definition) is 5. The van der Waals surface area contributed by atoms with E-state index in [1.807, 2.05) is 6.07 Å². The SMILES string of the molecule is CC1(C)OC(=O)C=C(c2ccnc(C#N)c2)O1. The predicted octanol–water partition coefficient (Wildman–Crippen LogP) is 1.60. The molecule has 0 amide bonds. The van der Waals surface area contributed by atoms with Crippen LogP contribution in [0.5, 0.6) is 0 Å². The van der Waals surface area contributed by atoms with Crippen molar-refractivity contribution in [2.45, 2.75) is 19.6 Å². The molecule has 0 saturated heterocycles. The maximum atomic E-state index is 11.4. The van der Waals surface area contributed by atoms with Gasteiger partial charge in [-0.3, -0.25) is 0 Å². The molecule has 1 aliphatic heterocycles. The molecule has 0 bridgehead atoms. The fourth-order valence-electron chi connectivity index (χ4n) is 1.48. The van der Waals surface area contributed by atoms with Crippen LogP contribution in [0.4, 0.5) is 0 Å². The molecule has 2 heterocycles. The molecule has 86 valence electrons. The van der Waals surface area contributed by atoms with Crippen molar-refractivity contribution < 1.29 is 14.3 Å². The molecular weight excluding hydrogens is 220 g/mol. The van der Waals surface area contributed by atoms with Crippen LogP contribution in [0.25, 0.3) is 5.76 Å². The van der Waals surface area contributed by atoms with Gasteiger partial charge in [-0.15, -0.1) is 0 Å². The van der Waals surface area contributed by atoms with Gasteiger partial charge in [0.05, 0.1) is 6.08 Å². The molecule has 0 aliphatic carbocycles. The van der Waals surface area contributed by atoms with Gasteiger partial charge in [0.25, 0.3) is 0 Å². The van der Waals surface area contributed by atoms with Crippen molar-refractivity contribution in [2.24, 2.45) is 0 Å². The van der Waals surface area contributed by atoms with Gasteiger partial charge >= 0.3 is 5.97 Å². The molecular formula is C12H10N2O3. The number of esters is 1. The molecule has 0 unspecified atom stereocenters. The first kappa shape index (κ1) is 11.1. The number of cyclic esters (lactones) is 1. The van der Waals surface area contributed by atoms with E-state index in [0.29, 0.717) is 11.3 Å². The van der Waals surface area contributed by atoms with Crippen LogP contribution in [0, 0.1) is 11.3 Å². The van der Waals surface area contributed by atoms with E-state index in [2.05, 4.69) is 4.98 Å². The Balaban J connectivity index is 2.40. The molecule has 2 rings (SSSR count). The average molecular weight is 230 g/mol. The molecule has 0 radical (unpaired) electrons. The normalized spacial score (nSPS) is 17.5. The van der Waals surface area contributed by atoms with Crippen molar-refractivity contribution in [2.75, 3.05) is 0 Å². The van der Waals surface area contributed by atoms with E-state index in [9.17, 15) is 4.79 Å². The highest BCUT2D eigenvalue weighted by atomic mass is 16.7. The molecule has 0 spiro atoms. The van der Waals surface area contributed by atoms with Crippen LogP contribution in [0.2, 0.25) is 0 Å². The van der Waals surface area contributed by atoms with Crippen molar-refractivity contribution >= 4 is 11.7 Å². The summed E-state index contributed by atoms with van der Waals surface area (Å²) in [5.41, 5.74) is 0.894. The van der Waals surface area contributed by atoms with E-state index >= 15 is 0 Å². The van der Waals surface area contributed by atoms with Crippen LogP contribution < -0.4 is 0 Å². The molecule has 17 heavy (non-hydrogen) atoms. The molecule has 5 heteroatoms. The van der Waals surface area contributed by atoms with Crippen molar-refractivity contribution in [3.05, 3.63) is 35.7 Å². The van der Waals surface area contributed by atoms with Gasteiger partial charge in [0, 0.05) is 25.6 Å². The van der Waals surface area contributed by atoms with Crippen LogP contribution in [-0.4, -0.2) is 16.7 Å². The van der Waals surface area contributed by atoms with Gasteiger partial charge in [0.2, 0.25) is 5.79 Å². The lowest BCUT2D eigenvalue weighted by molar-refractivity contribution is -0.193. The van der Waals surface area contributed by atoms with Crippen LogP contribution in [0.1, 0.15) is 25.1 Å². The molecule has 0 N–H and O–H groups in total. The summed E-state index contributed by atoms with van der Waals surface area (Å²) in [6.45, 7) is 3.29. The number of ether oxygens (including phenoxy) is 2. The van der Waals surface area contributed by atoms with Gasteiger partial charge in [0.1, 0.15) is 17.5 Å². The number of pyridine rings is 1. The van der Waals surface area contributed by atoms with E-state index in [-0.39, 0.29) is 5.69 Å². The number of nitriles is 1. The Hall–Kier alpha value is -2.35. The van der Waals surface area contributed by atoms with Crippen molar-refractivity contribution in [3.8, 4) is 6.07 Å². The van der Waals surface area contributed by atoms with Crippen molar-refractivity contribution in [1.82, 2.24) is 4.98 Å². The number of nitrogens with zero attached hydrogens (tertiary/aromatic N) is 2. The highest BCUT2D eigenvalue weighted by Gasteiger charge is 2.30. The Kier molecular flexibility index (Phi) is 2.56. The third-order valence-electron chi connectivity index (χ3n) is 2.11. The summed E-state index contributed by atoms with van der Waals surface area (Å²) >= 11 is 0. The Morgan fingerprint density at radius 1 is 1.41 bits per heavy atom. The molecule has 1 aliphatic rings. The zero-order valence-electron chi connectivity index (χ0n) is 9.43. The van der Waals surface area contributed by atoms with Gasteiger partial charge in [-0.05, 0) is 12.1 Å². The summed E-state index contributed by atoms with van der Waals surface area (Å²) < 4.78 is 10.5. The van der Waals surface area contributed by atoms with Gasteiger partial charge in [-0.2, -0.15) is 5.26 Å². The minimum atomic E-state index is -1.00. The van der Waals surface area contributed by atoms with Crippen molar-refractivity contribution in [3.63, 3.8) is 0 Å². The first-order chi connectivity index (χ1) is 8.00. The second kappa shape index (κ2) is 3.91. The summed E-state index contributed by atoms with van der Waals surface area (Å²) in [5.74, 6) is -1.09. The number of hydrogen-bond donors (Lipinski definition) is 0. The third-order valence-corrected chi connectivity index (χ3v) is 2.11. The summed E-state index contributed by atoms with van der Waals surface area (Å²) in [5, 5.41) is 8.75. The molecule has 0 aromatic carbocycles. The minimum absolute atomic E-state index is 0.267. The zero-order chi connectivity index (χ0) is 12.5. The maximum absolute atomic E-state index is 11.4. The van der Waals surface area contributed by atoms with E-state index in [1.165, 1.54) is 12.3 Å². The van der Waals surface area contributed by atoms with Gasteiger partial charge < -0.3 is 9.47 Å². The lowest BCUT2D eigenvalue weighted by Gasteiger charge is -2.30. The van der Waals surface area contributed by atoms with Gasteiger partial charge in [-0.1, -0.05) is 0 Å². The standard InChI is InChI=1S/C12H10N2O3/c1-12(2)16-10(6-11(15)17-12)8-3-4-14-9(5-8)7-13/h3-6H,1-2H3.